The van der Waals surface area contributed by atoms with E-state index >= 15 is 0 Å². The highest BCUT2D eigenvalue weighted by Gasteiger charge is 2.42. The quantitative estimate of drug-likeness (QED) is 0.444. The summed E-state index contributed by atoms with van der Waals surface area (Å²) in [5.74, 6) is -0.796. The van der Waals surface area contributed by atoms with Crippen LogP contribution in [-0.4, -0.2) is 74.3 Å². The van der Waals surface area contributed by atoms with Gasteiger partial charge >= 0.3 is 5.97 Å². The fraction of sp³-hybridized carbons (Fsp3) is 0.423. The number of carbonyl (C=O) groups excluding carboxylic acids is 2. The maximum absolute atomic E-state index is 13.2. The molecule has 2 aromatic rings. The molecule has 2 aromatic carbocycles. The zero-order valence-corrected chi connectivity index (χ0v) is 20.8. The van der Waals surface area contributed by atoms with Crippen LogP contribution in [-0.2, 0) is 14.3 Å². The number of para-hydroxylation sites is 2. The van der Waals surface area contributed by atoms with E-state index < -0.39 is 23.8 Å². The second-order valence-electron chi connectivity index (χ2n) is 8.42. The number of hydrogen-bond acceptors (Lipinski definition) is 9. The largest absolute Gasteiger partial charge is 0.504 e. The third kappa shape index (κ3) is 5.17. The summed E-state index contributed by atoms with van der Waals surface area (Å²) in [5.41, 5.74) is 1.59. The van der Waals surface area contributed by atoms with Crippen molar-refractivity contribution in [2.45, 2.75) is 19.9 Å². The highest BCUT2D eigenvalue weighted by molar-refractivity contribution is 6.08. The van der Waals surface area contributed by atoms with Crippen molar-refractivity contribution in [3.8, 4) is 17.2 Å². The Morgan fingerprint density at radius 3 is 2.47 bits per heavy atom. The van der Waals surface area contributed by atoms with E-state index in [9.17, 15) is 14.7 Å². The third-order valence-corrected chi connectivity index (χ3v) is 6.27. The zero-order valence-electron chi connectivity index (χ0n) is 20.8. The molecule has 0 aromatic heterocycles. The number of aliphatic imine (C=N–C) groups is 1. The van der Waals surface area contributed by atoms with Gasteiger partial charge in [-0.1, -0.05) is 18.2 Å². The first-order valence-corrected chi connectivity index (χ1v) is 12.1. The van der Waals surface area contributed by atoms with Gasteiger partial charge in [0, 0.05) is 26.2 Å². The van der Waals surface area contributed by atoms with E-state index in [1.807, 2.05) is 36.1 Å². The van der Waals surface area contributed by atoms with Crippen LogP contribution in [0.4, 0.5) is 5.69 Å². The van der Waals surface area contributed by atoms with Crippen molar-refractivity contribution in [2.24, 2.45) is 10.9 Å². The lowest BCUT2D eigenvalue weighted by atomic mass is 9.91. The second-order valence-corrected chi connectivity index (χ2v) is 8.42. The maximum atomic E-state index is 13.2. The molecule has 0 unspecified atom stereocenters. The Bertz CT molecular complexity index is 1130. The van der Waals surface area contributed by atoms with Crippen LogP contribution in [0.5, 0.6) is 17.2 Å². The lowest BCUT2D eigenvalue weighted by Gasteiger charge is -2.40. The molecule has 2 N–H and O–H groups in total. The Morgan fingerprint density at radius 2 is 1.78 bits per heavy atom. The monoisotopic (exact) mass is 496 g/mol. The van der Waals surface area contributed by atoms with Crippen LogP contribution < -0.4 is 19.7 Å². The Morgan fingerprint density at radius 1 is 1.06 bits per heavy atom. The number of hydrogen-bond donors (Lipinski definition) is 2. The first kappa shape index (κ1) is 25.2. The molecule has 1 fully saturated rings. The van der Waals surface area contributed by atoms with E-state index in [-0.39, 0.29) is 18.1 Å². The second kappa shape index (κ2) is 11.2. The van der Waals surface area contributed by atoms with Crippen LogP contribution in [0.1, 0.15) is 25.5 Å². The zero-order chi connectivity index (χ0) is 25.7. The maximum Gasteiger partial charge on any atom is 0.321 e. The number of methoxy groups -OCH3 is 1. The number of piperazine rings is 1. The summed E-state index contributed by atoms with van der Waals surface area (Å²) < 4.78 is 16.2. The van der Waals surface area contributed by atoms with Crippen molar-refractivity contribution in [1.82, 2.24) is 10.2 Å². The molecular formula is C26H32N4O6. The number of amides is 1. The summed E-state index contributed by atoms with van der Waals surface area (Å²) >= 11 is 0. The lowest BCUT2D eigenvalue weighted by molar-refractivity contribution is -0.153. The first-order chi connectivity index (χ1) is 17.5. The molecule has 0 bridgehead atoms. The molecule has 10 heteroatoms. The molecule has 192 valence electrons. The topological polar surface area (TPSA) is 113 Å². The molecular weight excluding hydrogens is 464 g/mol. The van der Waals surface area contributed by atoms with Gasteiger partial charge < -0.3 is 29.1 Å². The molecule has 2 aliphatic heterocycles. The fourth-order valence-electron chi connectivity index (χ4n) is 4.50. The van der Waals surface area contributed by atoms with Gasteiger partial charge in [-0.3, -0.25) is 14.9 Å². The number of ether oxygens (including phenoxy) is 3. The molecule has 4 rings (SSSR count). The SMILES string of the molecule is CCOC(=O)[C@@H]1C(=O)NC(N2CCN(c3ccccc3OC)CC2)=N[C@@H]1c1ccc(O)c(OCC)c1. The number of phenols is 1. The summed E-state index contributed by atoms with van der Waals surface area (Å²) in [7, 11) is 1.65. The highest BCUT2D eigenvalue weighted by Crippen LogP contribution is 2.36. The Balaban J connectivity index is 1.60. The third-order valence-electron chi connectivity index (χ3n) is 6.27. The van der Waals surface area contributed by atoms with Crippen LogP contribution in [0.15, 0.2) is 47.5 Å². The molecule has 0 spiro atoms. The number of nitrogens with one attached hydrogen (secondary N) is 1. The summed E-state index contributed by atoms with van der Waals surface area (Å²) in [6.45, 7) is 6.65. The molecule has 2 aliphatic rings. The highest BCUT2D eigenvalue weighted by atomic mass is 16.5. The summed E-state index contributed by atoms with van der Waals surface area (Å²) in [4.78, 5) is 34.9. The van der Waals surface area contributed by atoms with Crippen molar-refractivity contribution in [2.75, 3.05) is 51.4 Å². The minimum Gasteiger partial charge on any atom is -0.504 e. The number of aromatic hydroxyl groups is 1. The van der Waals surface area contributed by atoms with E-state index in [4.69, 9.17) is 19.2 Å². The van der Waals surface area contributed by atoms with Crippen LogP contribution in [0.2, 0.25) is 0 Å². The summed E-state index contributed by atoms with van der Waals surface area (Å²) in [5, 5.41) is 13.0. The molecule has 1 saturated heterocycles. The molecule has 1 amide bonds. The van der Waals surface area contributed by atoms with Gasteiger partial charge in [-0.05, 0) is 43.7 Å². The summed E-state index contributed by atoms with van der Waals surface area (Å²) in [6.07, 6.45) is 0. The van der Waals surface area contributed by atoms with Crippen molar-refractivity contribution >= 4 is 23.5 Å². The van der Waals surface area contributed by atoms with E-state index in [1.165, 1.54) is 6.07 Å². The predicted molar refractivity (Wildman–Crippen MR) is 134 cm³/mol. The number of phenolic OH excluding ortho intramolecular Hbond substituents is 1. The Kier molecular flexibility index (Phi) is 7.82. The van der Waals surface area contributed by atoms with Gasteiger partial charge in [0.15, 0.2) is 17.4 Å². The molecule has 10 nitrogen and oxygen atoms in total. The van der Waals surface area contributed by atoms with E-state index in [1.54, 1.807) is 26.2 Å². The van der Waals surface area contributed by atoms with Gasteiger partial charge in [-0.2, -0.15) is 0 Å². The first-order valence-electron chi connectivity index (χ1n) is 12.1. The molecule has 2 heterocycles. The van der Waals surface area contributed by atoms with E-state index in [2.05, 4.69) is 10.2 Å². The lowest BCUT2D eigenvalue weighted by Crippen LogP contribution is -2.57. The van der Waals surface area contributed by atoms with Crippen molar-refractivity contribution in [1.29, 1.82) is 0 Å². The van der Waals surface area contributed by atoms with Crippen LogP contribution in [0, 0.1) is 5.92 Å². The molecule has 0 radical (unpaired) electrons. The van der Waals surface area contributed by atoms with Crippen LogP contribution in [0.3, 0.4) is 0 Å². The number of benzene rings is 2. The Hall–Kier alpha value is -3.95. The molecule has 0 saturated carbocycles. The van der Waals surface area contributed by atoms with Gasteiger partial charge in [0.2, 0.25) is 11.9 Å². The Labute approximate surface area is 210 Å². The van der Waals surface area contributed by atoms with Crippen molar-refractivity contribution < 1.29 is 28.9 Å². The fourth-order valence-corrected chi connectivity index (χ4v) is 4.50. The molecule has 36 heavy (non-hydrogen) atoms. The van der Waals surface area contributed by atoms with Crippen LogP contribution >= 0.6 is 0 Å². The average Bonchev–Trinajstić information content (AvgIpc) is 2.89. The molecule has 2 atom stereocenters. The summed E-state index contributed by atoms with van der Waals surface area (Å²) in [6, 6.07) is 11.8. The van der Waals surface area contributed by atoms with Crippen LogP contribution in [0.25, 0.3) is 0 Å². The van der Waals surface area contributed by atoms with Crippen molar-refractivity contribution in [3.05, 3.63) is 48.0 Å². The van der Waals surface area contributed by atoms with Gasteiger partial charge in [0.25, 0.3) is 0 Å². The minimum absolute atomic E-state index is 0.0230. The predicted octanol–water partition coefficient (Wildman–Crippen LogP) is 2.33. The van der Waals surface area contributed by atoms with Gasteiger partial charge in [-0.15, -0.1) is 0 Å². The number of anilines is 1. The number of guanidine groups is 1. The molecule has 0 aliphatic carbocycles. The van der Waals surface area contributed by atoms with Crippen molar-refractivity contribution in [3.63, 3.8) is 0 Å². The van der Waals surface area contributed by atoms with Gasteiger partial charge in [-0.25, -0.2) is 4.99 Å². The average molecular weight is 497 g/mol. The van der Waals surface area contributed by atoms with Gasteiger partial charge in [0.05, 0.1) is 26.0 Å². The number of rotatable bonds is 7. The number of carbonyl (C=O) groups is 2. The van der Waals surface area contributed by atoms with E-state index in [0.29, 0.717) is 44.3 Å². The standard InChI is InChI=1S/C26H32N4O6/c1-4-35-21-16-17(10-11-19(21)31)23-22(25(33)36-5-2)24(32)28-26(27-23)30-14-12-29(13-15-30)18-8-6-7-9-20(18)34-3/h6-11,16,22-23,31H,4-5,12-15H2,1-3H3,(H,27,28,32)/t22-,23+/m0/s1. The minimum atomic E-state index is -1.15. The van der Waals surface area contributed by atoms with Gasteiger partial charge in [0.1, 0.15) is 11.8 Å². The van der Waals surface area contributed by atoms with E-state index in [0.717, 1.165) is 11.4 Å². The number of esters is 1. The normalized spacial score (nSPS) is 19.9. The smallest absolute Gasteiger partial charge is 0.321 e. The number of nitrogens with zero attached hydrogens (tertiary/aromatic N) is 3.